The molecule has 25 heavy (non-hydrogen) atoms. The molecule has 0 amide bonds. The summed E-state index contributed by atoms with van der Waals surface area (Å²) in [6.07, 6.45) is 1.31. The average Bonchev–Trinajstić information content (AvgIpc) is 2.57. The number of likely N-dealkylation sites (tertiary alicyclic amines) is 1. The molecular weight excluding hydrogens is 331 g/mol. The molecule has 1 atom stereocenters. The fourth-order valence-electron chi connectivity index (χ4n) is 3.10. The summed E-state index contributed by atoms with van der Waals surface area (Å²) in [5, 5.41) is 10.8. The van der Waals surface area contributed by atoms with E-state index in [0.717, 1.165) is 19.0 Å². The number of β-amino-alcohol motifs (C(OH)–C–C–N with tert-alkyl or cyclic N) is 1. The Bertz CT molecular complexity index is 723. The number of benzene rings is 2. The van der Waals surface area contributed by atoms with E-state index in [1.54, 1.807) is 0 Å². The van der Waals surface area contributed by atoms with Gasteiger partial charge in [0.1, 0.15) is 35.4 Å². The highest BCUT2D eigenvalue weighted by Crippen LogP contribution is 2.25. The quantitative estimate of drug-likeness (QED) is 0.895. The minimum atomic E-state index is -1.07. The van der Waals surface area contributed by atoms with Crippen molar-refractivity contribution in [2.75, 3.05) is 19.7 Å². The van der Waals surface area contributed by atoms with Crippen LogP contribution in [0.3, 0.4) is 0 Å². The maximum absolute atomic E-state index is 13.8. The van der Waals surface area contributed by atoms with E-state index in [1.807, 2.05) is 4.90 Å². The van der Waals surface area contributed by atoms with E-state index in [4.69, 9.17) is 4.74 Å². The van der Waals surface area contributed by atoms with Crippen LogP contribution < -0.4 is 4.74 Å². The second kappa shape index (κ2) is 7.45. The zero-order valence-corrected chi connectivity index (χ0v) is 13.7. The molecule has 1 heterocycles. The lowest BCUT2D eigenvalue weighted by Gasteiger charge is -2.39. The van der Waals surface area contributed by atoms with Crippen molar-refractivity contribution in [2.24, 2.45) is 0 Å². The lowest BCUT2D eigenvalue weighted by Crippen LogP contribution is -2.51. The molecule has 1 unspecified atom stereocenters. The van der Waals surface area contributed by atoms with Crippen LogP contribution in [0.2, 0.25) is 0 Å². The van der Waals surface area contributed by atoms with Crippen LogP contribution in [0.5, 0.6) is 5.75 Å². The molecule has 1 fully saturated rings. The van der Waals surface area contributed by atoms with E-state index in [2.05, 4.69) is 0 Å². The highest BCUT2D eigenvalue weighted by molar-refractivity contribution is 5.22. The van der Waals surface area contributed by atoms with Crippen LogP contribution in [-0.2, 0) is 6.54 Å². The molecule has 0 saturated carbocycles. The van der Waals surface area contributed by atoms with Crippen LogP contribution in [0.1, 0.15) is 18.4 Å². The highest BCUT2D eigenvalue weighted by atomic mass is 19.1. The molecule has 0 bridgehead atoms. The largest absolute Gasteiger partial charge is 0.491 e. The zero-order valence-electron chi connectivity index (χ0n) is 13.7. The van der Waals surface area contributed by atoms with Crippen LogP contribution in [0.15, 0.2) is 42.5 Å². The van der Waals surface area contributed by atoms with E-state index in [9.17, 15) is 18.3 Å². The summed E-state index contributed by atoms with van der Waals surface area (Å²) < 4.78 is 45.3. The van der Waals surface area contributed by atoms with E-state index in [0.29, 0.717) is 30.8 Å². The van der Waals surface area contributed by atoms with Gasteiger partial charge in [-0.15, -0.1) is 0 Å². The molecule has 0 aliphatic carbocycles. The Hall–Kier alpha value is -2.05. The number of hydrogen-bond donors (Lipinski definition) is 1. The third-order valence-corrected chi connectivity index (χ3v) is 4.36. The van der Waals surface area contributed by atoms with Gasteiger partial charge in [0.15, 0.2) is 0 Å². The van der Waals surface area contributed by atoms with Crippen molar-refractivity contribution < 1.29 is 23.0 Å². The van der Waals surface area contributed by atoms with E-state index in [1.165, 1.54) is 36.4 Å². The first-order valence-electron chi connectivity index (χ1n) is 8.21. The summed E-state index contributed by atoms with van der Waals surface area (Å²) in [5.41, 5.74) is -0.673. The second-order valence-corrected chi connectivity index (χ2v) is 6.52. The number of halogens is 3. The number of ether oxygens (including phenoxy) is 1. The first-order chi connectivity index (χ1) is 11.9. The Balaban J connectivity index is 1.60. The van der Waals surface area contributed by atoms with Gasteiger partial charge >= 0.3 is 0 Å². The highest BCUT2D eigenvalue weighted by Gasteiger charge is 2.34. The molecule has 3 rings (SSSR count). The van der Waals surface area contributed by atoms with E-state index >= 15 is 0 Å². The maximum Gasteiger partial charge on any atom is 0.130 e. The van der Waals surface area contributed by atoms with Gasteiger partial charge in [-0.2, -0.15) is 0 Å². The van der Waals surface area contributed by atoms with Crippen LogP contribution in [0.4, 0.5) is 13.2 Å². The molecule has 6 heteroatoms. The van der Waals surface area contributed by atoms with Gasteiger partial charge < -0.3 is 9.84 Å². The fraction of sp³-hybridized carbons (Fsp3) is 0.368. The molecule has 0 aromatic heterocycles. The van der Waals surface area contributed by atoms with Gasteiger partial charge in [0.25, 0.3) is 0 Å². The van der Waals surface area contributed by atoms with Gasteiger partial charge in [-0.25, -0.2) is 13.2 Å². The Kier molecular flexibility index (Phi) is 5.30. The van der Waals surface area contributed by atoms with Gasteiger partial charge in [0, 0.05) is 24.7 Å². The second-order valence-electron chi connectivity index (χ2n) is 6.52. The molecule has 2 aromatic rings. The smallest absolute Gasteiger partial charge is 0.130 e. The van der Waals surface area contributed by atoms with Crippen molar-refractivity contribution >= 4 is 0 Å². The van der Waals surface area contributed by atoms with Crippen molar-refractivity contribution in [3.63, 3.8) is 0 Å². The maximum atomic E-state index is 13.8. The summed E-state index contributed by atoms with van der Waals surface area (Å²) in [7, 11) is 0. The lowest BCUT2D eigenvalue weighted by atomic mass is 9.93. The number of hydrogen-bond acceptors (Lipinski definition) is 3. The molecule has 1 aliphatic rings. The van der Waals surface area contributed by atoms with Gasteiger partial charge in [-0.3, -0.25) is 4.90 Å². The predicted molar refractivity (Wildman–Crippen MR) is 87.7 cm³/mol. The van der Waals surface area contributed by atoms with Crippen LogP contribution in [-0.4, -0.2) is 35.3 Å². The number of rotatable bonds is 5. The molecule has 3 nitrogen and oxygen atoms in total. The van der Waals surface area contributed by atoms with Crippen molar-refractivity contribution in [2.45, 2.75) is 25.0 Å². The summed E-state index contributed by atoms with van der Waals surface area (Å²) in [5.74, 6) is -1.06. The lowest BCUT2D eigenvalue weighted by molar-refractivity contribution is -0.0623. The number of piperidine rings is 1. The molecule has 0 spiro atoms. The van der Waals surface area contributed by atoms with E-state index in [-0.39, 0.29) is 12.4 Å². The Morgan fingerprint density at radius 1 is 1.04 bits per heavy atom. The minimum absolute atomic E-state index is 0.0705. The van der Waals surface area contributed by atoms with Crippen molar-refractivity contribution in [3.05, 3.63) is 65.5 Å². The molecule has 134 valence electrons. The summed E-state index contributed by atoms with van der Waals surface area (Å²) >= 11 is 0. The molecule has 1 saturated heterocycles. The van der Waals surface area contributed by atoms with Crippen LogP contribution in [0, 0.1) is 17.5 Å². The average molecular weight is 351 g/mol. The molecule has 1 N–H and O–H groups in total. The predicted octanol–water partition coefficient (Wildman–Crippen LogP) is 3.51. The van der Waals surface area contributed by atoms with Crippen LogP contribution in [0.25, 0.3) is 0 Å². The first-order valence-corrected chi connectivity index (χ1v) is 8.21. The van der Waals surface area contributed by atoms with E-state index < -0.39 is 17.2 Å². The minimum Gasteiger partial charge on any atom is -0.491 e. The van der Waals surface area contributed by atoms with Crippen molar-refractivity contribution in [1.29, 1.82) is 0 Å². The van der Waals surface area contributed by atoms with Gasteiger partial charge in [-0.05, 0) is 49.7 Å². The topological polar surface area (TPSA) is 32.7 Å². The third kappa shape index (κ3) is 4.74. The summed E-state index contributed by atoms with van der Waals surface area (Å²) in [6, 6.07) is 9.12. The van der Waals surface area contributed by atoms with Crippen LogP contribution >= 0.6 is 0 Å². The normalized spacial score (nSPS) is 21.3. The van der Waals surface area contributed by atoms with Gasteiger partial charge in [0.05, 0.1) is 0 Å². The van der Waals surface area contributed by atoms with Crippen molar-refractivity contribution in [3.8, 4) is 5.75 Å². The number of aliphatic hydroxyl groups is 1. The monoisotopic (exact) mass is 351 g/mol. The molecule has 0 radical (unpaired) electrons. The number of nitrogens with zero attached hydrogens (tertiary/aromatic N) is 1. The summed E-state index contributed by atoms with van der Waals surface area (Å²) in [6.45, 7) is 1.41. The SMILES string of the molecule is OC1(COc2ccc(F)cc2)CCCN(Cc2ccc(F)cc2F)C1. The fourth-order valence-corrected chi connectivity index (χ4v) is 3.10. The standard InChI is InChI=1S/C19H20F3NO2/c20-15-4-6-17(7-5-15)25-13-19(24)8-1-9-23(12-19)11-14-2-3-16(21)10-18(14)22/h2-7,10,24H,1,8-9,11-13H2. The Labute approximate surface area is 144 Å². The zero-order chi connectivity index (χ0) is 17.9. The Morgan fingerprint density at radius 2 is 1.76 bits per heavy atom. The Morgan fingerprint density at radius 3 is 2.48 bits per heavy atom. The molecule has 2 aromatic carbocycles. The molecule has 1 aliphatic heterocycles. The summed E-state index contributed by atoms with van der Waals surface area (Å²) in [4.78, 5) is 1.92. The molecular formula is C19H20F3NO2. The van der Waals surface area contributed by atoms with Gasteiger partial charge in [0.2, 0.25) is 0 Å². The van der Waals surface area contributed by atoms with Gasteiger partial charge in [-0.1, -0.05) is 6.07 Å². The third-order valence-electron chi connectivity index (χ3n) is 4.36. The van der Waals surface area contributed by atoms with Crippen molar-refractivity contribution in [1.82, 2.24) is 4.90 Å². The first kappa shape index (κ1) is 17.8.